The third kappa shape index (κ3) is 5.93. The average Bonchev–Trinajstić information content (AvgIpc) is 2.78. The van der Waals surface area contributed by atoms with Gasteiger partial charge in [0.15, 0.2) is 0 Å². The van der Waals surface area contributed by atoms with Gasteiger partial charge < -0.3 is 15.0 Å². The van der Waals surface area contributed by atoms with Crippen LogP contribution in [0.5, 0.6) is 5.75 Å². The van der Waals surface area contributed by atoms with E-state index in [-0.39, 0.29) is 6.54 Å². The summed E-state index contributed by atoms with van der Waals surface area (Å²) in [6.07, 6.45) is 4.23. The van der Waals surface area contributed by atoms with Crippen LogP contribution in [0.4, 0.5) is 0 Å². The highest BCUT2D eigenvalue weighted by Gasteiger charge is 2.25. The van der Waals surface area contributed by atoms with Gasteiger partial charge in [-0.05, 0) is 11.6 Å². The van der Waals surface area contributed by atoms with Gasteiger partial charge in [0, 0.05) is 44.8 Å². The minimum Gasteiger partial charge on any atom is -0.496 e. The van der Waals surface area contributed by atoms with Gasteiger partial charge in [0.1, 0.15) is 5.75 Å². The number of rotatable bonds is 6. The van der Waals surface area contributed by atoms with Crippen LogP contribution in [0.25, 0.3) is 6.08 Å². The largest absolute Gasteiger partial charge is 0.496 e. The van der Waals surface area contributed by atoms with Gasteiger partial charge in [-0.15, -0.1) is 0 Å². The number of methoxy groups -OCH3 is 1. The number of nitrogens with zero attached hydrogens (tertiary/aromatic N) is 2. The molecule has 2 aromatic rings. The smallest absolute Gasteiger partial charge is 0.311 e. The van der Waals surface area contributed by atoms with Gasteiger partial charge in [-0.1, -0.05) is 60.7 Å². The molecule has 1 N–H and O–H groups in total. The van der Waals surface area contributed by atoms with Gasteiger partial charge in [0.25, 0.3) is 0 Å². The van der Waals surface area contributed by atoms with Crippen LogP contribution < -0.4 is 10.1 Å². The van der Waals surface area contributed by atoms with Crippen molar-refractivity contribution in [3.05, 3.63) is 71.8 Å². The Balaban J connectivity index is 1.42. The summed E-state index contributed by atoms with van der Waals surface area (Å²) in [6.45, 7) is 3.71. The molecule has 0 radical (unpaired) electrons. The molecule has 3 rings (SSSR count). The molecule has 0 saturated carbocycles. The fraction of sp³-hybridized carbons (Fsp3) is 0.304. The summed E-state index contributed by atoms with van der Waals surface area (Å²) >= 11 is 0. The Labute approximate surface area is 171 Å². The summed E-state index contributed by atoms with van der Waals surface area (Å²) in [7, 11) is 1.58. The lowest BCUT2D eigenvalue weighted by atomic mass is 10.2. The lowest BCUT2D eigenvalue weighted by Gasteiger charge is -2.33. The second-order valence-electron chi connectivity index (χ2n) is 6.90. The number of piperazine rings is 1. The van der Waals surface area contributed by atoms with Crippen LogP contribution in [-0.2, 0) is 16.1 Å². The maximum absolute atomic E-state index is 12.4. The number of amides is 2. The number of para-hydroxylation sites is 1. The number of benzene rings is 2. The van der Waals surface area contributed by atoms with Crippen molar-refractivity contribution in [2.75, 3.05) is 39.8 Å². The normalized spacial score (nSPS) is 14.7. The number of ether oxygens (including phenoxy) is 1. The van der Waals surface area contributed by atoms with E-state index in [1.54, 1.807) is 12.0 Å². The minimum atomic E-state index is -0.576. The molecule has 6 nitrogen and oxygen atoms in total. The molecule has 1 heterocycles. The predicted molar refractivity (Wildman–Crippen MR) is 113 cm³/mol. The van der Waals surface area contributed by atoms with Crippen LogP contribution in [0, 0.1) is 0 Å². The Hall–Kier alpha value is -3.12. The summed E-state index contributed by atoms with van der Waals surface area (Å²) in [6, 6.07) is 17.6. The molecule has 0 atom stereocenters. The van der Waals surface area contributed by atoms with Crippen LogP contribution in [0.3, 0.4) is 0 Å². The zero-order valence-electron chi connectivity index (χ0n) is 16.7. The third-order valence-corrected chi connectivity index (χ3v) is 4.96. The fourth-order valence-corrected chi connectivity index (χ4v) is 3.28. The molecule has 0 aliphatic carbocycles. The van der Waals surface area contributed by atoms with E-state index in [0.717, 1.165) is 25.2 Å². The Morgan fingerprint density at radius 1 is 1.00 bits per heavy atom. The molecule has 6 heteroatoms. The lowest BCUT2D eigenvalue weighted by molar-refractivity contribution is -0.147. The summed E-state index contributed by atoms with van der Waals surface area (Å²) in [5.74, 6) is -0.356. The second kappa shape index (κ2) is 10.4. The molecular weight excluding hydrogens is 366 g/mol. The molecule has 152 valence electrons. The first kappa shape index (κ1) is 20.6. The van der Waals surface area contributed by atoms with E-state index < -0.39 is 11.8 Å². The van der Waals surface area contributed by atoms with Crippen LogP contribution in [0.15, 0.2) is 60.7 Å². The van der Waals surface area contributed by atoms with Gasteiger partial charge in [0.05, 0.1) is 7.11 Å². The molecular formula is C23H27N3O3. The number of nitrogens with one attached hydrogen (secondary N) is 1. The van der Waals surface area contributed by atoms with Gasteiger partial charge in [-0.3, -0.25) is 14.5 Å². The first-order valence-electron chi connectivity index (χ1n) is 9.80. The Morgan fingerprint density at radius 2 is 1.69 bits per heavy atom. The SMILES string of the molecule is COc1ccccc1CNC(=O)C(=O)N1CCN(C/C=C/c2ccccc2)CC1. The van der Waals surface area contributed by atoms with Gasteiger partial charge in [-0.2, -0.15) is 0 Å². The zero-order chi connectivity index (χ0) is 20.5. The van der Waals surface area contributed by atoms with Gasteiger partial charge in [0.2, 0.25) is 0 Å². The molecule has 2 aromatic carbocycles. The second-order valence-corrected chi connectivity index (χ2v) is 6.90. The molecule has 1 aliphatic rings. The Morgan fingerprint density at radius 3 is 2.41 bits per heavy atom. The minimum absolute atomic E-state index is 0.263. The van der Waals surface area contributed by atoms with E-state index in [0.29, 0.717) is 18.8 Å². The average molecular weight is 393 g/mol. The summed E-state index contributed by atoms with van der Waals surface area (Å²) in [5.41, 5.74) is 2.01. The van der Waals surface area contributed by atoms with E-state index in [1.165, 1.54) is 5.56 Å². The van der Waals surface area contributed by atoms with Crippen LogP contribution in [0.2, 0.25) is 0 Å². The molecule has 0 aromatic heterocycles. The van der Waals surface area contributed by atoms with Crippen molar-refractivity contribution in [3.8, 4) is 5.75 Å². The number of carbonyl (C=O) groups excluding carboxylic acids is 2. The summed E-state index contributed by atoms with van der Waals surface area (Å²) in [5, 5.41) is 2.70. The molecule has 0 spiro atoms. The number of carbonyl (C=O) groups is 2. The Kier molecular flexibility index (Phi) is 7.41. The van der Waals surface area contributed by atoms with Crippen molar-refractivity contribution in [1.29, 1.82) is 0 Å². The number of hydrogen-bond donors (Lipinski definition) is 1. The molecule has 0 bridgehead atoms. The van der Waals surface area contributed by atoms with Crippen LogP contribution in [0.1, 0.15) is 11.1 Å². The van der Waals surface area contributed by atoms with Crippen molar-refractivity contribution in [1.82, 2.24) is 15.1 Å². The maximum atomic E-state index is 12.4. The molecule has 1 saturated heterocycles. The lowest BCUT2D eigenvalue weighted by Crippen LogP contribution is -2.52. The van der Waals surface area contributed by atoms with E-state index >= 15 is 0 Å². The molecule has 1 fully saturated rings. The third-order valence-electron chi connectivity index (χ3n) is 4.96. The fourth-order valence-electron chi connectivity index (χ4n) is 3.28. The first-order valence-corrected chi connectivity index (χ1v) is 9.80. The molecule has 0 unspecified atom stereocenters. The zero-order valence-corrected chi connectivity index (χ0v) is 16.7. The number of hydrogen-bond acceptors (Lipinski definition) is 4. The maximum Gasteiger partial charge on any atom is 0.311 e. The highest BCUT2D eigenvalue weighted by atomic mass is 16.5. The van der Waals surface area contributed by atoms with Crippen molar-refractivity contribution in [3.63, 3.8) is 0 Å². The van der Waals surface area contributed by atoms with Crippen molar-refractivity contribution in [2.45, 2.75) is 6.54 Å². The van der Waals surface area contributed by atoms with Gasteiger partial charge >= 0.3 is 11.8 Å². The van der Waals surface area contributed by atoms with Crippen LogP contribution in [-0.4, -0.2) is 61.4 Å². The van der Waals surface area contributed by atoms with Crippen molar-refractivity contribution in [2.24, 2.45) is 0 Å². The van der Waals surface area contributed by atoms with E-state index in [1.807, 2.05) is 42.5 Å². The molecule has 29 heavy (non-hydrogen) atoms. The summed E-state index contributed by atoms with van der Waals surface area (Å²) < 4.78 is 5.27. The van der Waals surface area contributed by atoms with E-state index in [9.17, 15) is 9.59 Å². The quantitative estimate of drug-likeness (QED) is 0.764. The van der Waals surface area contributed by atoms with Crippen molar-refractivity contribution >= 4 is 17.9 Å². The highest BCUT2D eigenvalue weighted by molar-refractivity contribution is 6.35. The molecule has 1 aliphatic heterocycles. The standard InChI is InChI=1S/C23H27N3O3/c1-29-21-12-6-5-11-20(21)18-24-22(27)23(28)26-16-14-25(15-17-26)13-7-10-19-8-3-2-4-9-19/h2-12H,13-18H2,1H3,(H,24,27)/b10-7+. The monoisotopic (exact) mass is 393 g/mol. The van der Waals surface area contributed by atoms with Crippen LogP contribution >= 0.6 is 0 Å². The summed E-state index contributed by atoms with van der Waals surface area (Å²) in [4.78, 5) is 28.6. The van der Waals surface area contributed by atoms with Gasteiger partial charge in [-0.25, -0.2) is 0 Å². The predicted octanol–water partition coefficient (Wildman–Crippen LogP) is 2.17. The Bertz CT molecular complexity index is 843. The topological polar surface area (TPSA) is 61.9 Å². The first-order chi connectivity index (χ1) is 14.2. The van der Waals surface area contributed by atoms with E-state index in [2.05, 4.69) is 34.5 Å². The molecule has 2 amide bonds. The van der Waals surface area contributed by atoms with Crippen molar-refractivity contribution < 1.29 is 14.3 Å². The highest BCUT2D eigenvalue weighted by Crippen LogP contribution is 2.16. The van der Waals surface area contributed by atoms with E-state index in [4.69, 9.17) is 4.74 Å².